The molecule has 0 spiro atoms. The van der Waals surface area contributed by atoms with Gasteiger partial charge in [0.15, 0.2) is 5.82 Å². The summed E-state index contributed by atoms with van der Waals surface area (Å²) in [4.78, 5) is 4.73. The molecule has 0 bridgehead atoms. The first-order valence-corrected chi connectivity index (χ1v) is 8.58. The number of rotatable bonds is 2. The van der Waals surface area contributed by atoms with Crippen molar-refractivity contribution in [2.75, 3.05) is 13.1 Å². The van der Waals surface area contributed by atoms with Crippen molar-refractivity contribution < 1.29 is 4.52 Å². The summed E-state index contributed by atoms with van der Waals surface area (Å²) in [6, 6.07) is 0. The van der Waals surface area contributed by atoms with Crippen LogP contribution in [-0.4, -0.2) is 23.2 Å². The first kappa shape index (κ1) is 15.0. The fraction of sp³-hybridized carbons (Fsp3) is 0.882. The van der Waals surface area contributed by atoms with Crippen molar-refractivity contribution in [3.05, 3.63) is 11.7 Å². The van der Waals surface area contributed by atoms with Crippen LogP contribution < -0.4 is 5.32 Å². The van der Waals surface area contributed by atoms with Crippen LogP contribution >= 0.6 is 0 Å². The molecule has 1 saturated heterocycles. The van der Waals surface area contributed by atoms with E-state index in [1.807, 2.05) is 0 Å². The SMILES string of the molecule is CC(C)(C)C1CCC(c2nc(C3CCCNC3)no2)CC1. The molecule has 1 aliphatic carbocycles. The minimum atomic E-state index is 0.429. The Morgan fingerprint density at radius 3 is 2.43 bits per heavy atom. The van der Waals surface area contributed by atoms with E-state index in [1.54, 1.807) is 0 Å². The lowest BCUT2D eigenvalue weighted by Gasteiger charge is -2.35. The second-order valence-electron chi connectivity index (χ2n) is 7.95. The van der Waals surface area contributed by atoms with Gasteiger partial charge in [0.25, 0.3) is 0 Å². The number of nitrogens with zero attached hydrogens (tertiary/aromatic N) is 2. The van der Waals surface area contributed by atoms with Gasteiger partial charge in [0.1, 0.15) is 0 Å². The zero-order valence-electron chi connectivity index (χ0n) is 13.7. The zero-order chi connectivity index (χ0) is 14.9. The molecular weight excluding hydrogens is 262 g/mol. The lowest BCUT2D eigenvalue weighted by Crippen LogP contribution is -2.29. The molecular formula is C17H29N3O. The van der Waals surface area contributed by atoms with Crippen LogP contribution in [-0.2, 0) is 0 Å². The summed E-state index contributed by atoms with van der Waals surface area (Å²) in [6.07, 6.45) is 7.38. The van der Waals surface area contributed by atoms with Gasteiger partial charge in [-0.1, -0.05) is 25.9 Å². The minimum absolute atomic E-state index is 0.429. The Morgan fingerprint density at radius 2 is 1.81 bits per heavy atom. The van der Waals surface area contributed by atoms with E-state index < -0.39 is 0 Å². The second-order valence-corrected chi connectivity index (χ2v) is 7.95. The summed E-state index contributed by atoms with van der Waals surface area (Å²) < 4.78 is 5.59. The van der Waals surface area contributed by atoms with Gasteiger partial charge in [-0.05, 0) is 56.4 Å². The van der Waals surface area contributed by atoms with Crippen molar-refractivity contribution in [2.45, 2.75) is 71.1 Å². The maximum atomic E-state index is 5.59. The topological polar surface area (TPSA) is 51.0 Å². The standard InChI is InChI=1S/C17H29N3O/c1-17(2,3)14-8-6-12(7-9-14)16-19-15(20-21-16)13-5-4-10-18-11-13/h12-14,18H,4-11H2,1-3H3. The van der Waals surface area contributed by atoms with Gasteiger partial charge in [0.2, 0.25) is 5.89 Å². The first-order chi connectivity index (χ1) is 10.0. The van der Waals surface area contributed by atoms with Gasteiger partial charge in [0, 0.05) is 18.4 Å². The summed E-state index contributed by atoms with van der Waals surface area (Å²) in [5, 5.41) is 7.68. The van der Waals surface area contributed by atoms with Crippen LogP contribution in [0.4, 0.5) is 0 Å². The number of nitrogens with one attached hydrogen (secondary N) is 1. The Labute approximate surface area is 128 Å². The molecule has 1 atom stereocenters. The highest BCUT2D eigenvalue weighted by Gasteiger charge is 2.32. The fourth-order valence-electron chi connectivity index (χ4n) is 3.86. The maximum absolute atomic E-state index is 5.59. The molecule has 1 aromatic heterocycles. The molecule has 21 heavy (non-hydrogen) atoms. The monoisotopic (exact) mass is 291 g/mol. The van der Waals surface area contributed by atoms with Crippen LogP contribution in [0, 0.1) is 11.3 Å². The molecule has 118 valence electrons. The first-order valence-electron chi connectivity index (χ1n) is 8.58. The van der Waals surface area contributed by atoms with Crippen molar-refractivity contribution in [2.24, 2.45) is 11.3 Å². The summed E-state index contributed by atoms with van der Waals surface area (Å²) in [5.74, 6) is 3.58. The normalized spacial score (nSPS) is 31.3. The molecule has 2 aliphatic rings. The molecule has 1 unspecified atom stereocenters. The van der Waals surface area contributed by atoms with Crippen molar-refractivity contribution in [3.8, 4) is 0 Å². The van der Waals surface area contributed by atoms with Crippen molar-refractivity contribution in [1.82, 2.24) is 15.5 Å². The molecule has 1 aromatic rings. The van der Waals surface area contributed by atoms with Gasteiger partial charge in [-0.3, -0.25) is 0 Å². The molecule has 4 nitrogen and oxygen atoms in total. The van der Waals surface area contributed by atoms with E-state index in [0.717, 1.165) is 30.7 Å². The molecule has 2 heterocycles. The molecule has 4 heteroatoms. The summed E-state index contributed by atoms with van der Waals surface area (Å²) >= 11 is 0. The van der Waals surface area contributed by atoms with E-state index in [1.165, 1.54) is 38.5 Å². The maximum Gasteiger partial charge on any atom is 0.229 e. The van der Waals surface area contributed by atoms with E-state index in [2.05, 4.69) is 31.2 Å². The summed E-state index contributed by atoms with van der Waals surface area (Å²) in [6.45, 7) is 9.20. The Kier molecular flexibility index (Phi) is 4.34. The Balaban J connectivity index is 1.60. The smallest absolute Gasteiger partial charge is 0.229 e. The average molecular weight is 291 g/mol. The minimum Gasteiger partial charge on any atom is -0.339 e. The quantitative estimate of drug-likeness (QED) is 0.899. The molecule has 1 saturated carbocycles. The highest BCUT2D eigenvalue weighted by molar-refractivity contribution is 5.02. The average Bonchev–Trinajstić information content (AvgIpc) is 2.97. The van der Waals surface area contributed by atoms with Gasteiger partial charge < -0.3 is 9.84 Å². The highest BCUT2D eigenvalue weighted by Crippen LogP contribution is 2.42. The number of piperidine rings is 1. The number of aromatic nitrogens is 2. The third kappa shape index (κ3) is 3.47. The Hall–Kier alpha value is -0.900. The Bertz CT molecular complexity index is 449. The number of hydrogen-bond acceptors (Lipinski definition) is 4. The predicted molar refractivity (Wildman–Crippen MR) is 83.3 cm³/mol. The fourth-order valence-corrected chi connectivity index (χ4v) is 3.86. The third-order valence-corrected chi connectivity index (χ3v) is 5.42. The highest BCUT2D eigenvalue weighted by atomic mass is 16.5. The van der Waals surface area contributed by atoms with Gasteiger partial charge in [-0.25, -0.2) is 0 Å². The van der Waals surface area contributed by atoms with Crippen molar-refractivity contribution in [3.63, 3.8) is 0 Å². The van der Waals surface area contributed by atoms with Crippen molar-refractivity contribution in [1.29, 1.82) is 0 Å². The molecule has 2 fully saturated rings. The van der Waals surface area contributed by atoms with Crippen LogP contribution in [0.25, 0.3) is 0 Å². The molecule has 0 aromatic carbocycles. The molecule has 0 amide bonds. The second kappa shape index (κ2) is 6.07. The third-order valence-electron chi connectivity index (χ3n) is 5.42. The van der Waals surface area contributed by atoms with Gasteiger partial charge in [-0.15, -0.1) is 0 Å². The van der Waals surface area contributed by atoms with Crippen LogP contribution in [0.1, 0.15) is 82.8 Å². The largest absolute Gasteiger partial charge is 0.339 e. The molecule has 0 radical (unpaired) electrons. The lowest BCUT2D eigenvalue weighted by atomic mass is 9.70. The van der Waals surface area contributed by atoms with Crippen LogP contribution in [0.15, 0.2) is 4.52 Å². The molecule has 1 N–H and O–H groups in total. The summed E-state index contributed by atoms with van der Waals surface area (Å²) in [7, 11) is 0. The van der Waals surface area contributed by atoms with Crippen LogP contribution in [0.5, 0.6) is 0 Å². The van der Waals surface area contributed by atoms with Gasteiger partial charge >= 0.3 is 0 Å². The van der Waals surface area contributed by atoms with E-state index in [-0.39, 0.29) is 0 Å². The molecule has 1 aliphatic heterocycles. The molecule has 3 rings (SSSR count). The van der Waals surface area contributed by atoms with Crippen LogP contribution in [0.3, 0.4) is 0 Å². The van der Waals surface area contributed by atoms with E-state index in [0.29, 0.717) is 17.3 Å². The van der Waals surface area contributed by atoms with E-state index in [4.69, 9.17) is 9.51 Å². The van der Waals surface area contributed by atoms with E-state index >= 15 is 0 Å². The van der Waals surface area contributed by atoms with Crippen LogP contribution in [0.2, 0.25) is 0 Å². The number of hydrogen-bond donors (Lipinski definition) is 1. The zero-order valence-corrected chi connectivity index (χ0v) is 13.7. The van der Waals surface area contributed by atoms with E-state index in [9.17, 15) is 0 Å². The van der Waals surface area contributed by atoms with Gasteiger partial charge in [0.05, 0.1) is 0 Å². The van der Waals surface area contributed by atoms with Crippen molar-refractivity contribution >= 4 is 0 Å². The predicted octanol–water partition coefficient (Wildman–Crippen LogP) is 3.86. The lowest BCUT2D eigenvalue weighted by molar-refractivity contribution is 0.159. The Morgan fingerprint density at radius 1 is 1.05 bits per heavy atom. The van der Waals surface area contributed by atoms with Gasteiger partial charge in [-0.2, -0.15) is 4.98 Å². The summed E-state index contributed by atoms with van der Waals surface area (Å²) in [5.41, 5.74) is 0.429.